The summed E-state index contributed by atoms with van der Waals surface area (Å²) < 4.78 is 7.35. The van der Waals surface area contributed by atoms with Crippen molar-refractivity contribution in [1.29, 1.82) is 0 Å². The Morgan fingerprint density at radius 1 is 1.22 bits per heavy atom. The third-order valence-corrected chi connectivity index (χ3v) is 4.45. The first-order valence-electron chi connectivity index (χ1n) is 8.93. The molecule has 0 aliphatic rings. The monoisotopic (exact) mass is 365 g/mol. The Hall–Kier alpha value is -3.22. The van der Waals surface area contributed by atoms with E-state index in [2.05, 4.69) is 34.7 Å². The number of benzene rings is 2. The number of carbonyl (C=O) groups excluding carboxylic acids is 1. The van der Waals surface area contributed by atoms with Gasteiger partial charge in [-0.15, -0.1) is 5.10 Å². The molecule has 1 heterocycles. The van der Waals surface area contributed by atoms with Gasteiger partial charge in [-0.2, -0.15) is 0 Å². The molecule has 0 fully saturated rings. The predicted octanol–water partition coefficient (Wildman–Crippen LogP) is 3.41. The van der Waals surface area contributed by atoms with E-state index in [1.165, 1.54) is 0 Å². The number of nitrogens with zero attached hydrogens (tertiary/aromatic N) is 4. The Balaban J connectivity index is 1.65. The van der Waals surface area contributed by atoms with Crippen LogP contribution in [0.1, 0.15) is 31.7 Å². The van der Waals surface area contributed by atoms with E-state index in [1.807, 2.05) is 48.5 Å². The van der Waals surface area contributed by atoms with E-state index in [0.29, 0.717) is 17.4 Å². The quantitative estimate of drug-likeness (QED) is 0.694. The molecule has 0 bridgehead atoms. The van der Waals surface area contributed by atoms with Gasteiger partial charge in [-0.25, -0.2) is 4.68 Å². The van der Waals surface area contributed by atoms with E-state index >= 15 is 0 Å². The summed E-state index contributed by atoms with van der Waals surface area (Å²) in [6.07, 6.45) is 1.01. The topological polar surface area (TPSA) is 81.9 Å². The zero-order valence-corrected chi connectivity index (χ0v) is 15.7. The number of carbonyl (C=O) groups is 1. The van der Waals surface area contributed by atoms with Crippen LogP contribution in [-0.4, -0.2) is 32.7 Å². The Labute approximate surface area is 158 Å². The zero-order chi connectivity index (χ0) is 19.2. The second-order valence-electron chi connectivity index (χ2n) is 6.39. The highest BCUT2D eigenvalue weighted by molar-refractivity contribution is 5.92. The highest BCUT2D eigenvalue weighted by Gasteiger charge is 2.12. The highest BCUT2D eigenvalue weighted by Crippen LogP contribution is 2.28. The molecule has 0 aliphatic heterocycles. The average Bonchev–Trinajstić information content (AvgIpc) is 3.12. The number of hydrogen-bond donors (Lipinski definition) is 1. The lowest BCUT2D eigenvalue weighted by atomic mass is 9.98. The van der Waals surface area contributed by atoms with E-state index < -0.39 is 0 Å². The van der Waals surface area contributed by atoms with E-state index in [-0.39, 0.29) is 12.5 Å². The molecule has 7 heteroatoms. The number of aromatic nitrogens is 4. The number of anilines is 1. The highest BCUT2D eigenvalue weighted by atomic mass is 16.5. The van der Waals surface area contributed by atoms with Crippen molar-refractivity contribution in [3.63, 3.8) is 0 Å². The summed E-state index contributed by atoms with van der Waals surface area (Å²) in [5.41, 5.74) is 2.60. The summed E-state index contributed by atoms with van der Waals surface area (Å²) in [6.45, 7) is 4.23. The molecule has 7 nitrogen and oxygen atoms in total. The maximum Gasteiger partial charge on any atom is 0.262 e. The fourth-order valence-corrected chi connectivity index (χ4v) is 2.79. The van der Waals surface area contributed by atoms with Crippen LogP contribution in [-0.2, 0) is 11.8 Å². The van der Waals surface area contributed by atoms with Gasteiger partial charge in [-0.05, 0) is 46.5 Å². The van der Waals surface area contributed by atoms with Crippen molar-refractivity contribution in [3.05, 3.63) is 54.1 Å². The summed E-state index contributed by atoms with van der Waals surface area (Å²) >= 11 is 0. The molecule has 0 aliphatic carbocycles. The van der Waals surface area contributed by atoms with Crippen molar-refractivity contribution in [2.75, 3.05) is 11.9 Å². The number of rotatable bonds is 7. The fraction of sp³-hybridized carbons (Fsp3) is 0.300. The van der Waals surface area contributed by atoms with E-state index in [9.17, 15) is 4.79 Å². The van der Waals surface area contributed by atoms with E-state index in [0.717, 1.165) is 23.3 Å². The number of amides is 1. The maximum absolute atomic E-state index is 12.3. The molecule has 1 amide bonds. The largest absolute Gasteiger partial charge is 0.483 e. The summed E-state index contributed by atoms with van der Waals surface area (Å²) in [4.78, 5) is 12.3. The Morgan fingerprint density at radius 2 is 2.04 bits per heavy atom. The molecule has 27 heavy (non-hydrogen) atoms. The minimum absolute atomic E-state index is 0.0524. The molecule has 0 radical (unpaired) electrons. The second-order valence-corrected chi connectivity index (χ2v) is 6.39. The van der Waals surface area contributed by atoms with Crippen molar-refractivity contribution in [2.45, 2.75) is 26.2 Å². The van der Waals surface area contributed by atoms with Gasteiger partial charge in [0.15, 0.2) is 12.4 Å². The van der Waals surface area contributed by atoms with E-state index in [4.69, 9.17) is 4.74 Å². The van der Waals surface area contributed by atoms with Crippen LogP contribution in [0, 0.1) is 0 Å². The van der Waals surface area contributed by atoms with Crippen LogP contribution in [0.3, 0.4) is 0 Å². The Kier molecular flexibility index (Phi) is 5.80. The minimum atomic E-state index is -0.220. The van der Waals surface area contributed by atoms with Crippen LogP contribution in [0.2, 0.25) is 0 Å². The van der Waals surface area contributed by atoms with Crippen LogP contribution < -0.4 is 10.1 Å². The van der Waals surface area contributed by atoms with Gasteiger partial charge in [-0.3, -0.25) is 4.79 Å². The van der Waals surface area contributed by atoms with Crippen molar-refractivity contribution >= 4 is 11.6 Å². The molecular weight excluding hydrogens is 342 g/mol. The molecule has 1 unspecified atom stereocenters. The number of nitrogens with one attached hydrogen (secondary N) is 1. The molecule has 0 spiro atoms. The van der Waals surface area contributed by atoms with Crippen LogP contribution >= 0.6 is 0 Å². The second kappa shape index (κ2) is 8.44. The first-order chi connectivity index (χ1) is 13.1. The van der Waals surface area contributed by atoms with Gasteiger partial charge in [0, 0.05) is 18.3 Å². The van der Waals surface area contributed by atoms with Gasteiger partial charge < -0.3 is 10.1 Å². The first-order valence-corrected chi connectivity index (χ1v) is 8.93. The van der Waals surface area contributed by atoms with Gasteiger partial charge >= 0.3 is 0 Å². The molecule has 1 atom stereocenters. The lowest BCUT2D eigenvalue weighted by Gasteiger charge is -2.15. The number of aryl methyl sites for hydroxylation is 1. The summed E-state index contributed by atoms with van der Waals surface area (Å²) in [7, 11) is 1.77. The average molecular weight is 365 g/mol. The Morgan fingerprint density at radius 3 is 2.78 bits per heavy atom. The molecule has 1 aromatic heterocycles. The third-order valence-electron chi connectivity index (χ3n) is 4.45. The molecular formula is C20H23N5O2. The zero-order valence-electron chi connectivity index (χ0n) is 15.7. The minimum Gasteiger partial charge on any atom is -0.483 e. The van der Waals surface area contributed by atoms with Crippen LogP contribution in [0.5, 0.6) is 5.75 Å². The summed E-state index contributed by atoms with van der Waals surface area (Å²) in [5.74, 6) is 1.54. The van der Waals surface area contributed by atoms with Crippen molar-refractivity contribution in [1.82, 2.24) is 20.2 Å². The normalized spacial score (nSPS) is 11.8. The van der Waals surface area contributed by atoms with Gasteiger partial charge in [-0.1, -0.05) is 44.2 Å². The number of hydrogen-bond acceptors (Lipinski definition) is 5. The van der Waals surface area contributed by atoms with Crippen LogP contribution in [0.15, 0.2) is 48.5 Å². The molecule has 1 N–H and O–H groups in total. The van der Waals surface area contributed by atoms with Crippen molar-refractivity contribution in [2.24, 2.45) is 7.05 Å². The molecule has 2 aromatic carbocycles. The third kappa shape index (κ3) is 4.49. The molecule has 0 saturated heterocycles. The van der Waals surface area contributed by atoms with Crippen LogP contribution in [0.25, 0.3) is 11.4 Å². The van der Waals surface area contributed by atoms with E-state index in [1.54, 1.807) is 11.7 Å². The van der Waals surface area contributed by atoms with Gasteiger partial charge in [0.05, 0.1) is 0 Å². The maximum atomic E-state index is 12.3. The summed E-state index contributed by atoms with van der Waals surface area (Å²) in [5, 5.41) is 14.3. The fourth-order valence-electron chi connectivity index (χ4n) is 2.79. The lowest BCUT2D eigenvalue weighted by molar-refractivity contribution is -0.118. The molecule has 3 aromatic rings. The first kappa shape index (κ1) is 18.6. The molecule has 3 rings (SSSR count). The number of ether oxygens (including phenoxy) is 1. The van der Waals surface area contributed by atoms with Crippen LogP contribution in [0.4, 0.5) is 5.69 Å². The SMILES string of the molecule is CCC(C)c1ccccc1OCC(=O)Nc1cccc(-c2nnnn2C)c1. The van der Waals surface area contributed by atoms with Crippen molar-refractivity contribution < 1.29 is 9.53 Å². The molecule has 0 saturated carbocycles. The summed E-state index contributed by atoms with van der Waals surface area (Å²) in [6, 6.07) is 15.2. The molecule has 140 valence electrons. The van der Waals surface area contributed by atoms with Gasteiger partial charge in [0.2, 0.25) is 0 Å². The lowest BCUT2D eigenvalue weighted by Crippen LogP contribution is -2.20. The smallest absolute Gasteiger partial charge is 0.262 e. The van der Waals surface area contributed by atoms with Gasteiger partial charge in [0.25, 0.3) is 5.91 Å². The Bertz CT molecular complexity index is 922. The van der Waals surface area contributed by atoms with Gasteiger partial charge in [0.1, 0.15) is 5.75 Å². The number of tetrazole rings is 1. The van der Waals surface area contributed by atoms with Crippen molar-refractivity contribution in [3.8, 4) is 17.1 Å². The predicted molar refractivity (Wildman–Crippen MR) is 104 cm³/mol. The number of para-hydroxylation sites is 1. The standard InChI is InChI=1S/C20H23N5O2/c1-4-14(2)17-10-5-6-11-18(17)27-13-19(26)21-16-9-7-8-15(12-16)20-22-23-24-25(20)3/h5-12,14H,4,13H2,1-3H3,(H,21,26).